The molecule has 1 heterocycles. The number of hydrogen-bond donors (Lipinski definition) is 2. The zero-order chi connectivity index (χ0) is 9.68. The van der Waals surface area contributed by atoms with Crippen molar-refractivity contribution in [2.24, 2.45) is 0 Å². The van der Waals surface area contributed by atoms with Crippen molar-refractivity contribution in [3.05, 3.63) is 29.9 Å². The minimum atomic E-state index is -0.414. The molecule has 0 saturated carbocycles. The summed E-state index contributed by atoms with van der Waals surface area (Å²) in [4.78, 5) is 3.84. The number of rotatable bonds is 3. The number of nitrogens with one attached hydrogen (secondary N) is 1. The van der Waals surface area contributed by atoms with E-state index in [9.17, 15) is 4.39 Å². The highest BCUT2D eigenvalue weighted by atomic mass is 19.1. The van der Waals surface area contributed by atoms with Crippen LogP contribution >= 0.6 is 0 Å². The quantitative estimate of drug-likeness (QED) is 0.732. The van der Waals surface area contributed by atoms with E-state index in [1.165, 1.54) is 6.07 Å². The first-order valence-electron chi connectivity index (χ1n) is 3.96. The van der Waals surface area contributed by atoms with Gasteiger partial charge in [0.15, 0.2) is 0 Å². The van der Waals surface area contributed by atoms with Gasteiger partial charge in [-0.05, 0) is 13.1 Å². The van der Waals surface area contributed by atoms with Gasteiger partial charge >= 0.3 is 0 Å². The number of nitrogen functional groups attached to an aromatic ring is 1. The summed E-state index contributed by atoms with van der Waals surface area (Å²) in [6, 6.07) is 1.26. The zero-order valence-corrected chi connectivity index (χ0v) is 7.42. The van der Waals surface area contributed by atoms with Crippen molar-refractivity contribution in [2.45, 2.75) is 0 Å². The molecule has 0 aliphatic rings. The van der Waals surface area contributed by atoms with E-state index in [0.29, 0.717) is 11.4 Å². The third-order valence-corrected chi connectivity index (χ3v) is 1.51. The van der Waals surface area contributed by atoms with Gasteiger partial charge < -0.3 is 11.1 Å². The number of anilines is 1. The van der Waals surface area contributed by atoms with Gasteiger partial charge in [0.1, 0.15) is 5.82 Å². The molecule has 1 rings (SSSR count). The Morgan fingerprint density at radius 1 is 1.69 bits per heavy atom. The zero-order valence-electron chi connectivity index (χ0n) is 7.42. The van der Waals surface area contributed by atoms with Crippen LogP contribution in [0, 0.1) is 5.82 Å². The Labute approximate surface area is 76.5 Å². The fourth-order valence-electron chi connectivity index (χ4n) is 0.893. The average Bonchev–Trinajstić information content (AvgIpc) is 2.09. The molecule has 0 fully saturated rings. The van der Waals surface area contributed by atoms with E-state index in [0.717, 1.165) is 12.7 Å². The number of hydrogen-bond acceptors (Lipinski definition) is 3. The van der Waals surface area contributed by atoms with Gasteiger partial charge in [0.05, 0.1) is 17.6 Å². The van der Waals surface area contributed by atoms with Crippen LogP contribution in [-0.2, 0) is 0 Å². The van der Waals surface area contributed by atoms with E-state index >= 15 is 0 Å². The largest absolute Gasteiger partial charge is 0.397 e. The van der Waals surface area contributed by atoms with Crippen molar-refractivity contribution in [3.8, 4) is 0 Å². The molecule has 3 N–H and O–H groups in total. The first kappa shape index (κ1) is 9.67. The molecule has 4 heteroatoms. The van der Waals surface area contributed by atoms with Crippen LogP contribution in [0.4, 0.5) is 10.1 Å². The SMILES string of the molecule is CNCC=Cc1ncc(F)cc1N. The smallest absolute Gasteiger partial charge is 0.143 e. The summed E-state index contributed by atoms with van der Waals surface area (Å²) in [6.07, 6.45) is 4.78. The van der Waals surface area contributed by atoms with Gasteiger partial charge in [-0.2, -0.15) is 0 Å². The minimum absolute atomic E-state index is 0.354. The molecule has 0 saturated heterocycles. The lowest BCUT2D eigenvalue weighted by molar-refractivity contribution is 0.622. The molecule has 3 nitrogen and oxygen atoms in total. The van der Waals surface area contributed by atoms with Crippen molar-refractivity contribution in [1.82, 2.24) is 10.3 Å². The molecule has 1 aromatic heterocycles. The van der Waals surface area contributed by atoms with Crippen molar-refractivity contribution < 1.29 is 4.39 Å². The second kappa shape index (κ2) is 4.57. The third kappa shape index (κ3) is 2.83. The molecule has 0 spiro atoms. The lowest BCUT2D eigenvalue weighted by Crippen LogP contribution is -2.04. The maximum atomic E-state index is 12.6. The number of pyridine rings is 1. The molecular weight excluding hydrogens is 169 g/mol. The molecule has 0 aromatic carbocycles. The number of halogens is 1. The molecule has 0 aliphatic heterocycles. The van der Waals surface area contributed by atoms with Crippen molar-refractivity contribution >= 4 is 11.8 Å². The molecule has 0 radical (unpaired) electrons. The van der Waals surface area contributed by atoms with Gasteiger partial charge in [0.2, 0.25) is 0 Å². The number of nitrogens with two attached hydrogens (primary N) is 1. The molecular formula is C9H12FN3. The van der Waals surface area contributed by atoms with Gasteiger partial charge in [-0.25, -0.2) is 4.39 Å². The van der Waals surface area contributed by atoms with Crippen molar-refractivity contribution in [2.75, 3.05) is 19.3 Å². The van der Waals surface area contributed by atoms with E-state index in [1.807, 2.05) is 13.1 Å². The summed E-state index contributed by atoms with van der Waals surface area (Å²) in [7, 11) is 1.84. The van der Waals surface area contributed by atoms with Crippen LogP contribution in [0.3, 0.4) is 0 Å². The lowest BCUT2D eigenvalue weighted by atomic mass is 10.3. The minimum Gasteiger partial charge on any atom is -0.397 e. The van der Waals surface area contributed by atoms with Crippen LogP contribution in [0.1, 0.15) is 5.69 Å². The maximum Gasteiger partial charge on any atom is 0.143 e. The second-order valence-electron chi connectivity index (χ2n) is 2.59. The second-order valence-corrected chi connectivity index (χ2v) is 2.59. The first-order valence-corrected chi connectivity index (χ1v) is 3.96. The summed E-state index contributed by atoms with van der Waals surface area (Å²) >= 11 is 0. The summed E-state index contributed by atoms with van der Waals surface area (Å²) in [5, 5.41) is 2.94. The van der Waals surface area contributed by atoms with Crippen LogP contribution in [0.25, 0.3) is 6.08 Å². The molecule has 0 amide bonds. The normalized spacial score (nSPS) is 10.9. The standard InChI is InChI=1S/C9H12FN3/c1-12-4-2-3-9-8(11)5-7(10)6-13-9/h2-3,5-6,12H,4,11H2,1H3. The molecule has 70 valence electrons. The highest BCUT2D eigenvalue weighted by molar-refractivity contribution is 5.60. The molecule has 0 atom stereocenters. The first-order chi connectivity index (χ1) is 6.24. The Morgan fingerprint density at radius 3 is 3.08 bits per heavy atom. The van der Waals surface area contributed by atoms with Gasteiger partial charge in [-0.1, -0.05) is 6.08 Å². The third-order valence-electron chi connectivity index (χ3n) is 1.51. The molecule has 0 unspecified atom stereocenters. The predicted octanol–water partition coefficient (Wildman–Crippen LogP) is 1.04. The summed E-state index contributed by atoms with van der Waals surface area (Å²) in [6.45, 7) is 0.735. The lowest BCUT2D eigenvalue weighted by Gasteiger charge is -1.98. The molecule has 0 bridgehead atoms. The Bertz CT molecular complexity index is 310. The number of likely N-dealkylation sites (N-methyl/N-ethyl adjacent to an activating group) is 1. The molecule has 13 heavy (non-hydrogen) atoms. The Hall–Kier alpha value is -1.42. The van der Waals surface area contributed by atoms with Crippen LogP contribution < -0.4 is 11.1 Å². The van der Waals surface area contributed by atoms with Gasteiger partial charge in [0.25, 0.3) is 0 Å². The van der Waals surface area contributed by atoms with E-state index < -0.39 is 5.82 Å². The van der Waals surface area contributed by atoms with Gasteiger partial charge in [0, 0.05) is 12.6 Å². The van der Waals surface area contributed by atoms with Crippen LogP contribution in [0.5, 0.6) is 0 Å². The fourth-order valence-corrected chi connectivity index (χ4v) is 0.893. The van der Waals surface area contributed by atoms with E-state index in [4.69, 9.17) is 5.73 Å². The van der Waals surface area contributed by atoms with Crippen molar-refractivity contribution in [1.29, 1.82) is 0 Å². The van der Waals surface area contributed by atoms with Gasteiger partial charge in [-0.3, -0.25) is 4.98 Å². The predicted molar refractivity (Wildman–Crippen MR) is 51.6 cm³/mol. The van der Waals surface area contributed by atoms with Crippen LogP contribution in [0.2, 0.25) is 0 Å². The number of aromatic nitrogens is 1. The van der Waals surface area contributed by atoms with Crippen LogP contribution in [0.15, 0.2) is 18.3 Å². The summed E-state index contributed by atoms with van der Waals surface area (Å²) in [5.74, 6) is -0.414. The maximum absolute atomic E-state index is 12.6. The molecule has 0 aliphatic carbocycles. The Balaban J connectivity index is 2.77. The molecule has 1 aromatic rings. The number of nitrogens with zero attached hydrogens (tertiary/aromatic N) is 1. The summed E-state index contributed by atoms with van der Waals surface area (Å²) in [5.41, 5.74) is 6.48. The highest BCUT2D eigenvalue weighted by Crippen LogP contribution is 2.10. The fraction of sp³-hybridized carbons (Fsp3) is 0.222. The Kier molecular flexibility index (Phi) is 3.40. The van der Waals surface area contributed by atoms with Crippen molar-refractivity contribution in [3.63, 3.8) is 0 Å². The highest BCUT2D eigenvalue weighted by Gasteiger charge is 1.97. The Morgan fingerprint density at radius 2 is 2.46 bits per heavy atom. The summed E-state index contributed by atoms with van der Waals surface area (Å²) < 4.78 is 12.6. The van der Waals surface area contributed by atoms with E-state index in [2.05, 4.69) is 10.3 Å². The van der Waals surface area contributed by atoms with Gasteiger partial charge in [-0.15, -0.1) is 0 Å². The monoisotopic (exact) mass is 181 g/mol. The average molecular weight is 181 g/mol. The van der Waals surface area contributed by atoms with E-state index in [1.54, 1.807) is 6.08 Å². The topological polar surface area (TPSA) is 50.9 Å². The van der Waals surface area contributed by atoms with E-state index in [-0.39, 0.29) is 0 Å². The van der Waals surface area contributed by atoms with Crippen LogP contribution in [-0.4, -0.2) is 18.6 Å².